The Bertz CT molecular complexity index is 957. The van der Waals surface area contributed by atoms with E-state index in [1.165, 1.54) is 5.56 Å². The highest BCUT2D eigenvalue weighted by atomic mass is 16.7. The number of benzene rings is 2. The van der Waals surface area contributed by atoms with Crippen molar-refractivity contribution in [1.82, 2.24) is 0 Å². The minimum atomic E-state index is -0.645. The molecule has 2 aromatic rings. The number of likely N-dealkylation sites (N-methyl/N-ethyl adjacent to an activating group) is 1. The van der Waals surface area contributed by atoms with E-state index in [1.807, 2.05) is 18.2 Å². The molecule has 7 nitrogen and oxygen atoms in total. The highest BCUT2D eigenvalue weighted by Crippen LogP contribution is 2.52. The molecule has 0 bridgehead atoms. The molecule has 0 aliphatic carbocycles. The van der Waals surface area contributed by atoms with Crippen LogP contribution in [-0.4, -0.2) is 50.9 Å². The largest absolute Gasteiger partial charge is 0.492 e. The average molecular weight is 400 g/mol. The van der Waals surface area contributed by atoms with Gasteiger partial charge in [0.15, 0.2) is 23.0 Å². The molecule has 0 fully saturated rings. The predicted octanol–water partition coefficient (Wildman–Crippen LogP) is 2.95. The van der Waals surface area contributed by atoms with Gasteiger partial charge in [0.1, 0.15) is 6.04 Å². The summed E-state index contributed by atoms with van der Waals surface area (Å²) in [5.74, 6) is 3.53. The van der Waals surface area contributed by atoms with Crippen molar-refractivity contribution in [2.75, 3.05) is 41.3 Å². The molecule has 2 atom stereocenters. The van der Waals surface area contributed by atoms with Gasteiger partial charge in [-0.25, -0.2) is 0 Å². The van der Waals surface area contributed by atoms with E-state index in [2.05, 4.69) is 20.2 Å². The van der Waals surface area contributed by atoms with Gasteiger partial charge in [0.05, 0.1) is 39.4 Å². The van der Waals surface area contributed by atoms with Crippen molar-refractivity contribution < 1.29 is 33.3 Å². The van der Waals surface area contributed by atoms with Gasteiger partial charge in [0, 0.05) is 12.8 Å². The lowest BCUT2D eigenvalue weighted by molar-refractivity contribution is -0.924. The van der Waals surface area contributed by atoms with Crippen molar-refractivity contribution in [2.24, 2.45) is 0 Å². The second-order valence-electron chi connectivity index (χ2n) is 8.35. The van der Waals surface area contributed by atoms with E-state index in [1.54, 1.807) is 7.11 Å². The molecule has 0 amide bonds. The number of hydrogen-bond donors (Lipinski definition) is 1. The van der Waals surface area contributed by atoms with Crippen LogP contribution in [0, 0.1) is 0 Å². The molecule has 154 valence electrons. The fraction of sp³-hybridized carbons (Fsp3) is 0.455. The molecule has 1 N–H and O–H groups in total. The van der Waals surface area contributed by atoms with Crippen LogP contribution >= 0.6 is 0 Å². The summed E-state index contributed by atoms with van der Waals surface area (Å²) in [7, 11) is 6.06. The van der Waals surface area contributed by atoms with Gasteiger partial charge in [-0.1, -0.05) is 6.07 Å². The van der Waals surface area contributed by atoms with Crippen LogP contribution in [0.4, 0.5) is 0 Å². The molecule has 0 aromatic heterocycles. The van der Waals surface area contributed by atoms with E-state index in [-0.39, 0.29) is 19.6 Å². The number of aliphatic hydroxyl groups excluding tert-OH is 1. The van der Waals surface area contributed by atoms with Gasteiger partial charge in [-0.3, -0.25) is 0 Å². The molecule has 0 saturated carbocycles. The van der Waals surface area contributed by atoms with Crippen molar-refractivity contribution in [3.8, 4) is 28.7 Å². The Labute approximate surface area is 169 Å². The summed E-state index contributed by atoms with van der Waals surface area (Å²) < 4.78 is 28.7. The van der Waals surface area contributed by atoms with Crippen molar-refractivity contribution >= 4 is 0 Å². The Kier molecular flexibility index (Phi) is 4.26. The number of methoxy groups -OCH3 is 1. The zero-order valence-corrected chi connectivity index (χ0v) is 16.9. The molecular formula is C22H26NO6+. The fourth-order valence-corrected chi connectivity index (χ4v) is 4.64. The standard InChI is InChI=1S/C22H26NO6/c1-23(2)7-6-14-9-19-21(29-12-28-19)22(25-3)20(14)15(23)10-16(24)13-4-5-17-18(8-13)27-11-26-17/h4-5,8-9,15-16,24H,6-7,10-12H2,1-3H3/q+1/t15-,16-/m1/s1. The molecule has 0 saturated heterocycles. The third-order valence-electron chi connectivity index (χ3n) is 6.31. The van der Waals surface area contributed by atoms with Gasteiger partial charge in [-0.05, 0) is 29.3 Å². The van der Waals surface area contributed by atoms with Crippen LogP contribution < -0.4 is 23.7 Å². The highest BCUT2D eigenvalue weighted by molar-refractivity contribution is 5.61. The van der Waals surface area contributed by atoms with Crippen molar-refractivity contribution in [1.29, 1.82) is 0 Å². The number of rotatable bonds is 4. The first-order valence-corrected chi connectivity index (χ1v) is 9.87. The summed E-state index contributed by atoms with van der Waals surface area (Å²) in [4.78, 5) is 0. The Morgan fingerprint density at radius 1 is 1.07 bits per heavy atom. The Morgan fingerprint density at radius 3 is 2.66 bits per heavy atom. The predicted molar refractivity (Wildman–Crippen MR) is 105 cm³/mol. The average Bonchev–Trinajstić information content (AvgIpc) is 3.36. The maximum atomic E-state index is 11.1. The summed E-state index contributed by atoms with van der Waals surface area (Å²) in [5.41, 5.74) is 3.13. The quantitative estimate of drug-likeness (QED) is 0.796. The zero-order valence-electron chi connectivity index (χ0n) is 16.9. The molecule has 7 heteroatoms. The highest BCUT2D eigenvalue weighted by Gasteiger charge is 2.42. The summed E-state index contributed by atoms with van der Waals surface area (Å²) in [6, 6.07) is 7.74. The summed E-state index contributed by atoms with van der Waals surface area (Å²) in [6.07, 6.45) is 0.828. The van der Waals surface area contributed by atoms with Gasteiger partial charge < -0.3 is 33.3 Å². The van der Waals surface area contributed by atoms with Crippen LogP contribution in [0.25, 0.3) is 0 Å². The van der Waals surface area contributed by atoms with Crippen LogP contribution in [0.3, 0.4) is 0 Å². The molecule has 0 spiro atoms. The summed E-state index contributed by atoms with van der Waals surface area (Å²) in [6.45, 7) is 1.39. The molecule has 5 rings (SSSR count). The third-order valence-corrected chi connectivity index (χ3v) is 6.31. The Morgan fingerprint density at radius 2 is 1.83 bits per heavy atom. The molecule has 3 heterocycles. The molecule has 29 heavy (non-hydrogen) atoms. The molecule has 0 unspecified atom stereocenters. The zero-order chi connectivity index (χ0) is 20.2. The van der Waals surface area contributed by atoms with E-state index in [4.69, 9.17) is 23.7 Å². The van der Waals surface area contributed by atoms with Crippen LogP contribution in [0.1, 0.15) is 35.3 Å². The van der Waals surface area contributed by atoms with Crippen LogP contribution in [0.2, 0.25) is 0 Å². The molecule has 3 aliphatic heterocycles. The smallest absolute Gasteiger partial charge is 0.231 e. The topological polar surface area (TPSA) is 66.4 Å². The molecule has 0 radical (unpaired) electrons. The number of fused-ring (bicyclic) bond motifs is 3. The van der Waals surface area contributed by atoms with Gasteiger partial charge in [-0.2, -0.15) is 0 Å². The number of quaternary nitrogens is 1. The number of ether oxygens (including phenoxy) is 5. The first kappa shape index (κ1) is 18.4. The van der Waals surface area contributed by atoms with Crippen LogP contribution in [0.15, 0.2) is 24.3 Å². The van der Waals surface area contributed by atoms with Crippen LogP contribution in [-0.2, 0) is 6.42 Å². The lowest BCUT2D eigenvalue weighted by Crippen LogP contribution is -2.48. The normalized spacial score (nSPS) is 21.6. The summed E-state index contributed by atoms with van der Waals surface area (Å²) in [5, 5.41) is 11.1. The second-order valence-corrected chi connectivity index (χ2v) is 8.35. The molecule has 3 aliphatic rings. The van der Waals surface area contributed by atoms with Crippen molar-refractivity contribution in [3.05, 3.63) is 41.0 Å². The van der Waals surface area contributed by atoms with Gasteiger partial charge in [0.25, 0.3) is 0 Å². The van der Waals surface area contributed by atoms with Crippen molar-refractivity contribution in [2.45, 2.75) is 25.0 Å². The third kappa shape index (κ3) is 2.96. The van der Waals surface area contributed by atoms with Gasteiger partial charge in [0.2, 0.25) is 19.3 Å². The SMILES string of the molecule is COc1c2c(cc3c1[C@@H](C[C@@H](O)c1ccc4c(c1)OCO4)[N+](C)(C)CC3)OCO2. The molecular weight excluding hydrogens is 374 g/mol. The lowest BCUT2D eigenvalue weighted by Gasteiger charge is -2.44. The van der Waals surface area contributed by atoms with E-state index in [0.717, 1.165) is 45.8 Å². The minimum absolute atomic E-state index is 0.0450. The second kappa shape index (κ2) is 6.71. The summed E-state index contributed by atoms with van der Waals surface area (Å²) >= 11 is 0. The van der Waals surface area contributed by atoms with E-state index < -0.39 is 6.10 Å². The van der Waals surface area contributed by atoms with Crippen molar-refractivity contribution in [3.63, 3.8) is 0 Å². The lowest BCUT2D eigenvalue weighted by atomic mass is 9.85. The number of aliphatic hydroxyl groups is 1. The van der Waals surface area contributed by atoms with E-state index >= 15 is 0 Å². The first-order valence-electron chi connectivity index (χ1n) is 9.87. The minimum Gasteiger partial charge on any atom is -0.492 e. The van der Waals surface area contributed by atoms with E-state index in [9.17, 15) is 5.11 Å². The number of nitrogens with zero attached hydrogens (tertiary/aromatic N) is 1. The van der Waals surface area contributed by atoms with Gasteiger partial charge in [-0.15, -0.1) is 0 Å². The first-order chi connectivity index (χ1) is 14.0. The Balaban J connectivity index is 1.53. The maximum Gasteiger partial charge on any atom is 0.231 e. The maximum absolute atomic E-state index is 11.1. The van der Waals surface area contributed by atoms with Crippen LogP contribution in [0.5, 0.6) is 28.7 Å². The Hall–Kier alpha value is -2.64. The number of hydrogen-bond acceptors (Lipinski definition) is 6. The molecule has 2 aromatic carbocycles. The van der Waals surface area contributed by atoms with Gasteiger partial charge >= 0.3 is 0 Å². The fourth-order valence-electron chi connectivity index (χ4n) is 4.64. The van der Waals surface area contributed by atoms with E-state index in [0.29, 0.717) is 17.9 Å². The monoisotopic (exact) mass is 400 g/mol.